The van der Waals surface area contributed by atoms with Gasteiger partial charge in [0.1, 0.15) is 74.5 Å². The third-order valence-electron chi connectivity index (χ3n) is 13.5. The van der Waals surface area contributed by atoms with E-state index in [-0.39, 0.29) is 17.1 Å². The molecule has 0 unspecified atom stereocenters. The van der Waals surface area contributed by atoms with Crippen molar-refractivity contribution in [2.24, 2.45) is 0 Å². The van der Waals surface area contributed by atoms with Gasteiger partial charge < -0.3 is 39.0 Å². The maximum Gasteiger partial charge on any atom is 0.167 e. The Labute approximate surface area is 471 Å². The smallest absolute Gasteiger partial charge is 0.167 e. The Kier molecular flexibility index (Phi) is 15.0. The molecule has 81 heavy (non-hydrogen) atoms. The van der Waals surface area contributed by atoms with E-state index in [1.54, 1.807) is 14.2 Å². The number of imidazole rings is 3. The summed E-state index contributed by atoms with van der Waals surface area (Å²) in [6.07, 6.45) is 6.06. The summed E-state index contributed by atoms with van der Waals surface area (Å²) >= 11 is 0. The quantitative estimate of drug-likeness (QED) is 0.111. The molecule has 0 saturated carbocycles. The highest BCUT2D eigenvalue weighted by atomic mass is 16.5. The minimum Gasteiger partial charge on any atom is -0.496 e. The molecular formula is C64H70N12O5. The first-order valence-corrected chi connectivity index (χ1v) is 27.0. The van der Waals surface area contributed by atoms with Gasteiger partial charge in [0.15, 0.2) is 5.58 Å². The molecule has 0 aliphatic rings. The zero-order valence-corrected chi connectivity index (χ0v) is 48.8. The first-order valence-electron chi connectivity index (χ1n) is 27.0. The number of nitrogens with zero attached hydrogens (tertiary/aromatic N) is 9. The molecule has 0 radical (unpaired) electrons. The van der Waals surface area contributed by atoms with Crippen molar-refractivity contribution in [1.29, 1.82) is 0 Å². The van der Waals surface area contributed by atoms with E-state index in [4.69, 9.17) is 38.0 Å². The molecular weight excluding hydrogens is 1020 g/mol. The van der Waals surface area contributed by atoms with E-state index in [2.05, 4.69) is 124 Å². The van der Waals surface area contributed by atoms with Crippen LogP contribution in [0.1, 0.15) is 84.0 Å². The summed E-state index contributed by atoms with van der Waals surface area (Å²) in [4.78, 5) is 14.6. The Morgan fingerprint density at radius 2 is 0.889 bits per heavy atom. The second kappa shape index (κ2) is 22.0. The molecule has 9 heterocycles. The SMILES string of the molecule is COc1cc(-c2c(C)noc2C)ccc1-c1nc2ccccn2c1NC(C)(C)C.COc1cc(-c2c(C)noc2C)ccc1-c1nc2ccccn2c1NC(C)C.Cc1noc2ccc(-c3nc4ccccn4c3NC(C)(C)C)cc12. The molecule has 0 bridgehead atoms. The number of rotatable bonds is 11. The standard InChI is InChI=1S/C23H26N4O2.C22H24N4O2.C19H20N4O/c1-14-20(15(2)29-26-14)16-10-11-17(18(13-16)28-6)21-22(25-23(3,4)5)27-12-8-7-9-19(27)24-21;1-13(2)23-22-21(24-19-8-6-7-11-26(19)22)17-10-9-16(12-18(17)27-5)20-14(3)25-28-15(20)4;1-12-14-11-13(8-9-15(14)24-22-12)17-18(21-19(2,3)4)23-10-6-5-7-16(23)20-17/h7-13,25H,1-6H3;6-13,23H,1-5H3;5-11,21H,1-4H3. The summed E-state index contributed by atoms with van der Waals surface area (Å²) in [5.74, 6) is 5.98. The number of benzene rings is 3. The molecule has 17 heteroatoms. The fourth-order valence-corrected chi connectivity index (χ4v) is 10.0. The number of fused-ring (bicyclic) bond motifs is 4. The highest BCUT2D eigenvalue weighted by Crippen LogP contribution is 2.42. The predicted molar refractivity (Wildman–Crippen MR) is 323 cm³/mol. The molecule has 17 nitrogen and oxygen atoms in total. The van der Waals surface area contributed by atoms with Crippen molar-refractivity contribution >= 4 is 45.4 Å². The highest BCUT2D eigenvalue weighted by Gasteiger charge is 2.25. The van der Waals surface area contributed by atoms with Crippen LogP contribution in [-0.4, -0.2) is 75.0 Å². The molecule has 3 aromatic carbocycles. The molecule has 12 aromatic rings. The van der Waals surface area contributed by atoms with Crippen LogP contribution < -0.4 is 25.4 Å². The Bertz CT molecular complexity index is 4170. The van der Waals surface area contributed by atoms with Crippen molar-refractivity contribution in [2.75, 3.05) is 30.2 Å². The van der Waals surface area contributed by atoms with Gasteiger partial charge in [-0.3, -0.25) is 13.2 Å². The van der Waals surface area contributed by atoms with Gasteiger partial charge in [0.05, 0.1) is 31.3 Å². The first kappa shape index (κ1) is 55.0. The zero-order chi connectivity index (χ0) is 57.5. The summed E-state index contributed by atoms with van der Waals surface area (Å²) in [6, 6.07) is 36.6. The Balaban J connectivity index is 0.000000137. The molecule has 12 rings (SSSR count). The van der Waals surface area contributed by atoms with E-state index in [9.17, 15) is 0 Å². The number of hydrogen-bond donors (Lipinski definition) is 3. The van der Waals surface area contributed by atoms with Gasteiger partial charge in [0.2, 0.25) is 0 Å². The van der Waals surface area contributed by atoms with Gasteiger partial charge in [0.25, 0.3) is 0 Å². The van der Waals surface area contributed by atoms with Gasteiger partial charge in [-0.2, -0.15) is 0 Å². The van der Waals surface area contributed by atoms with Crippen LogP contribution in [-0.2, 0) is 0 Å². The van der Waals surface area contributed by atoms with Gasteiger partial charge in [-0.25, -0.2) is 15.0 Å². The molecule has 0 amide bonds. The summed E-state index contributed by atoms with van der Waals surface area (Å²) < 4.78 is 33.7. The van der Waals surface area contributed by atoms with Crippen LogP contribution in [0.2, 0.25) is 0 Å². The van der Waals surface area contributed by atoms with E-state index < -0.39 is 0 Å². The minimum atomic E-state index is -0.121. The number of anilines is 3. The van der Waals surface area contributed by atoms with Crippen LogP contribution in [0.15, 0.2) is 141 Å². The Morgan fingerprint density at radius 1 is 0.469 bits per heavy atom. The lowest BCUT2D eigenvalue weighted by Crippen LogP contribution is -2.27. The molecule has 0 aliphatic carbocycles. The van der Waals surface area contributed by atoms with E-state index in [1.807, 2.05) is 138 Å². The summed E-state index contributed by atoms with van der Waals surface area (Å²) in [7, 11) is 3.36. The summed E-state index contributed by atoms with van der Waals surface area (Å²) in [6.45, 7) is 26.8. The normalized spacial score (nSPS) is 11.8. The maximum atomic E-state index is 5.77. The average Bonchev–Trinajstić information content (AvgIpc) is 4.46. The zero-order valence-electron chi connectivity index (χ0n) is 48.8. The molecule has 0 atom stereocenters. The van der Waals surface area contributed by atoms with Gasteiger partial charge in [0, 0.05) is 68.9 Å². The molecule has 0 spiro atoms. The number of methoxy groups -OCH3 is 2. The van der Waals surface area contributed by atoms with Crippen molar-refractivity contribution in [2.45, 2.75) is 107 Å². The van der Waals surface area contributed by atoms with E-state index in [0.29, 0.717) is 0 Å². The fraction of sp³-hybridized carbons (Fsp3) is 0.281. The summed E-state index contributed by atoms with van der Waals surface area (Å²) in [5, 5.41) is 23.9. The van der Waals surface area contributed by atoms with Crippen LogP contribution >= 0.6 is 0 Å². The van der Waals surface area contributed by atoms with Gasteiger partial charge in [-0.15, -0.1) is 0 Å². The van der Waals surface area contributed by atoms with Crippen LogP contribution in [0, 0.1) is 34.6 Å². The second-order valence-electron chi connectivity index (χ2n) is 22.5. The lowest BCUT2D eigenvalue weighted by atomic mass is 10.00. The Morgan fingerprint density at radius 3 is 1.32 bits per heavy atom. The molecule has 0 saturated heterocycles. The Hall–Kier alpha value is -9.38. The molecule has 9 aromatic heterocycles. The van der Waals surface area contributed by atoms with E-state index >= 15 is 0 Å². The summed E-state index contributed by atoms with van der Waals surface area (Å²) in [5.41, 5.74) is 15.5. The third kappa shape index (κ3) is 11.3. The van der Waals surface area contributed by atoms with Crippen LogP contribution in [0.3, 0.4) is 0 Å². The average molecular weight is 1090 g/mol. The number of ether oxygens (including phenoxy) is 2. The fourth-order valence-electron chi connectivity index (χ4n) is 10.0. The second-order valence-corrected chi connectivity index (χ2v) is 22.5. The van der Waals surface area contributed by atoms with Crippen LogP contribution in [0.25, 0.3) is 83.9 Å². The molecule has 0 fully saturated rings. The highest BCUT2D eigenvalue weighted by molar-refractivity contribution is 5.88. The predicted octanol–water partition coefficient (Wildman–Crippen LogP) is 15.3. The van der Waals surface area contributed by atoms with Gasteiger partial charge in [-0.1, -0.05) is 45.8 Å². The largest absolute Gasteiger partial charge is 0.496 e. The molecule has 416 valence electrons. The topological polar surface area (TPSA) is 185 Å². The molecule has 3 N–H and O–H groups in total. The van der Waals surface area contributed by atoms with Crippen molar-refractivity contribution in [3.05, 3.63) is 156 Å². The van der Waals surface area contributed by atoms with Crippen LogP contribution in [0.5, 0.6) is 11.5 Å². The van der Waals surface area contributed by atoms with Crippen molar-refractivity contribution in [1.82, 2.24) is 43.6 Å². The number of nitrogens with one attached hydrogen (secondary N) is 3. The maximum absolute atomic E-state index is 5.77. The molecule has 0 aliphatic heterocycles. The minimum absolute atomic E-state index is 0.0717. The lowest BCUT2D eigenvalue weighted by molar-refractivity contribution is 0.393. The van der Waals surface area contributed by atoms with E-state index in [1.165, 1.54) is 0 Å². The van der Waals surface area contributed by atoms with Crippen LogP contribution in [0.4, 0.5) is 17.5 Å². The van der Waals surface area contributed by atoms with Crippen molar-refractivity contribution in [3.8, 4) is 67.5 Å². The van der Waals surface area contributed by atoms with E-state index in [0.717, 1.165) is 141 Å². The number of aryl methyl sites for hydroxylation is 5. The number of hydrogen-bond acceptors (Lipinski definition) is 14. The van der Waals surface area contributed by atoms with Crippen molar-refractivity contribution < 1.29 is 23.0 Å². The number of aromatic nitrogens is 9. The van der Waals surface area contributed by atoms with Gasteiger partial charge in [-0.05, 0) is 180 Å². The monoisotopic (exact) mass is 1090 g/mol. The third-order valence-corrected chi connectivity index (χ3v) is 13.5. The number of pyridine rings is 3. The first-order chi connectivity index (χ1) is 38.7. The lowest BCUT2D eigenvalue weighted by Gasteiger charge is -2.23. The van der Waals surface area contributed by atoms with Gasteiger partial charge >= 0.3 is 0 Å². The van der Waals surface area contributed by atoms with Crippen molar-refractivity contribution in [3.63, 3.8) is 0 Å².